The van der Waals surface area contributed by atoms with Crippen molar-refractivity contribution in [2.75, 3.05) is 11.4 Å². The molecule has 8 heteroatoms. The Labute approximate surface area is 130 Å². The Morgan fingerprint density at radius 2 is 2.19 bits per heavy atom. The highest BCUT2D eigenvalue weighted by Gasteiger charge is 2.29. The van der Waals surface area contributed by atoms with E-state index in [1.165, 1.54) is 6.20 Å². The van der Waals surface area contributed by atoms with Crippen LogP contribution in [0.1, 0.15) is 31.2 Å². The maximum atomic E-state index is 11.1. The number of carbonyl (C=O) groups is 1. The van der Waals surface area contributed by atoms with Crippen LogP contribution in [0.15, 0.2) is 10.7 Å². The third kappa shape index (κ3) is 3.31. The van der Waals surface area contributed by atoms with Crippen LogP contribution in [0, 0.1) is 17.0 Å². The molecule has 1 aromatic heterocycles. The number of aromatic nitrogens is 1. The van der Waals surface area contributed by atoms with Gasteiger partial charge in [-0.3, -0.25) is 14.9 Å². The Kier molecular flexibility index (Phi) is 4.76. The third-order valence-corrected chi connectivity index (χ3v) is 4.71. The van der Waals surface area contributed by atoms with Gasteiger partial charge in [-0.05, 0) is 35.7 Å². The molecule has 114 valence electrons. The highest BCUT2D eigenvalue weighted by molar-refractivity contribution is 9.10. The summed E-state index contributed by atoms with van der Waals surface area (Å²) >= 11 is 3.34. The van der Waals surface area contributed by atoms with Crippen LogP contribution in [0.5, 0.6) is 0 Å². The standard InChI is InChI=1S/C13H16BrN3O4/c1-8-10(17(20)21)6-15-13(12(8)14)16(7-11(18)19)9-4-2-3-5-9/h6,9H,2-5,7H2,1H3,(H,18,19). The van der Waals surface area contributed by atoms with Crippen LogP contribution in [0.4, 0.5) is 11.5 Å². The molecule has 0 radical (unpaired) electrons. The van der Waals surface area contributed by atoms with Crippen molar-refractivity contribution in [1.29, 1.82) is 0 Å². The van der Waals surface area contributed by atoms with Gasteiger partial charge in [-0.2, -0.15) is 0 Å². The predicted molar refractivity (Wildman–Crippen MR) is 80.6 cm³/mol. The number of rotatable bonds is 5. The molecule has 0 spiro atoms. The number of aliphatic carboxylic acids is 1. The molecule has 0 saturated heterocycles. The molecular weight excluding hydrogens is 342 g/mol. The fraction of sp³-hybridized carbons (Fsp3) is 0.538. The van der Waals surface area contributed by atoms with Gasteiger partial charge in [0.25, 0.3) is 5.69 Å². The molecule has 0 aliphatic heterocycles. The highest BCUT2D eigenvalue weighted by Crippen LogP contribution is 2.36. The molecule has 1 aromatic rings. The Morgan fingerprint density at radius 1 is 1.57 bits per heavy atom. The summed E-state index contributed by atoms with van der Waals surface area (Å²) < 4.78 is 0.491. The first-order valence-corrected chi connectivity index (χ1v) is 7.49. The normalized spacial score (nSPS) is 15.1. The Hall–Kier alpha value is -1.70. The second-order valence-corrected chi connectivity index (χ2v) is 5.92. The summed E-state index contributed by atoms with van der Waals surface area (Å²) in [5, 5.41) is 20.0. The molecule has 1 N–H and O–H groups in total. The van der Waals surface area contributed by atoms with Gasteiger partial charge < -0.3 is 10.0 Å². The monoisotopic (exact) mass is 357 g/mol. The number of nitro groups is 1. The van der Waals surface area contributed by atoms with Crippen LogP contribution in [-0.2, 0) is 4.79 Å². The zero-order valence-corrected chi connectivity index (χ0v) is 13.2. The number of carboxylic acids is 1. The van der Waals surface area contributed by atoms with Gasteiger partial charge in [-0.15, -0.1) is 0 Å². The lowest BCUT2D eigenvalue weighted by molar-refractivity contribution is -0.385. The quantitative estimate of drug-likeness (QED) is 0.642. The first-order valence-electron chi connectivity index (χ1n) is 6.69. The van der Waals surface area contributed by atoms with E-state index in [0.29, 0.717) is 15.9 Å². The summed E-state index contributed by atoms with van der Waals surface area (Å²) in [5.41, 5.74) is 0.380. The molecule has 1 fully saturated rings. The fourth-order valence-corrected chi connectivity index (χ4v) is 3.21. The Morgan fingerprint density at radius 3 is 2.71 bits per heavy atom. The molecule has 0 atom stereocenters. The maximum Gasteiger partial charge on any atom is 0.323 e. The van der Waals surface area contributed by atoms with Gasteiger partial charge in [0.1, 0.15) is 18.6 Å². The average Bonchev–Trinajstić information content (AvgIpc) is 2.92. The van der Waals surface area contributed by atoms with Gasteiger partial charge in [0, 0.05) is 11.6 Å². The second-order valence-electron chi connectivity index (χ2n) is 5.12. The van der Waals surface area contributed by atoms with Crippen LogP contribution < -0.4 is 4.90 Å². The van der Waals surface area contributed by atoms with E-state index >= 15 is 0 Å². The minimum absolute atomic E-state index is 0.0766. The summed E-state index contributed by atoms with van der Waals surface area (Å²) in [6, 6.07) is 0.116. The molecule has 21 heavy (non-hydrogen) atoms. The van der Waals surface area contributed by atoms with E-state index in [-0.39, 0.29) is 18.3 Å². The van der Waals surface area contributed by atoms with Gasteiger partial charge in [0.2, 0.25) is 0 Å². The number of halogens is 1. The smallest absolute Gasteiger partial charge is 0.323 e. The van der Waals surface area contributed by atoms with Crippen LogP contribution in [0.2, 0.25) is 0 Å². The molecule has 0 unspecified atom stereocenters. The van der Waals surface area contributed by atoms with E-state index in [4.69, 9.17) is 5.11 Å². The van der Waals surface area contributed by atoms with Crippen molar-refractivity contribution in [3.05, 3.63) is 26.3 Å². The molecule has 2 rings (SSSR count). The average molecular weight is 358 g/mol. The SMILES string of the molecule is Cc1c([N+](=O)[O-])cnc(N(CC(=O)O)C2CCCC2)c1Br. The van der Waals surface area contributed by atoms with E-state index in [2.05, 4.69) is 20.9 Å². The lowest BCUT2D eigenvalue weighted by Gasteiger charge is -2.29. The molecule has 1 saturated carbocycles. The molecule has 0 amide bonds. The number of nitrogens with zero attached hydrogens (tertiary/aromatic N) is 3. The van der Waals surface area contributed by atoms with Gasteiger partial charge in [-0.1, -0.05) is 12.8 Å². The number of hydrogen-bond acceptors (Lipinski definition) is 5. The summed E-state index contributed by atoms with van der Waals surface area (Å²) in [6.45, 7) is 1.47. The van der Waals surface area contributed by atoms with E-state index in [0.717, 1.165) is 25.7 Å². The van der Waals surface area contributed by atoms with E-state index in [1.54, 1.807) is 11.8 Å². The van der Waals surface area contributed by atoms with E-state index < -0.39 is 10.9 Å². The van der Waals surface area contributed by atoms with Gasteiger partial charge in [-0.25, -0.2) is 4.98 Å². The lowest BCUT2D eigenvalue weighted by atomic mass is 10.2. The van der Waals surface area contributed by atoms with Crippen molar-refractivity contribution in [1.82, 2.24) is 4.98 Å². The first-order chi connectivity index (χ1) is 9.91. The van der Waals surface area contributed by atoms with E-state index in [1.807, 2.05) is 0 Å². The Balaban J connectivity index is 2.42. The zero-order chi connectivity index (χ0) is 15.6. The maximum absolute atomic E-state index is 11.1. The van der Waals surface area contributed by atoms with Crippen molar-refractivity contribution >= 4 is 33.4 Å². The minimum Gasteiger partial charge on any atom is -0.480 e. The third-order valence-electron chi connectivity index (χ3n) is 3.76. The fourth-order valence-electron chi connectivity index (χ4n) is 2.68. The zero-order valence-electron chi connectivity index (χ0n) is 11.6. The molecular formula is C13H16BrN3O4. The summed E-state index contributed by atoms with van der Waals surface area (Å²) in [6.07, 6.45) is 5.14. The molecule has 1 heterocycles. The largest absolute Gasteiger partial charge is 0.480 e. The number of hydrogen-bond donors (Lipinski definition) is 1. The van der Waals surface area contributed by atoms with Gasteiger partial charge in [0.15, 0.2) is 0 Å². The molecule has 1 aliphatic rings. The van der Waals surface area contributed by atoms with Crippen LogP contribution in [-0.4, -0.2) is 33.6 Å². The second kappa shape index (κ2) is 6.38. The minimum atomic E-state index is -0.938. The number of carboxylic acid groups (broad SMARTS) is 1. The molecule has 1 aliphatic carbocycles. The Bertz CT molecular complexity index is 573. The van der Waals surface area contributed by atoms with Crippen LogP contribution in [0.3, 0.4) is 0 Å². The van der Waals surface area contributed by atoms with Gasteiger partial charge >= 0.3 is 5.97 Å². The summed E-state index contributed by atoms with van der Waals surface area (Å²) in [5.74, 6) is -0.473. The lowest BCUT2D eigenvalue weighted by Crippen LogP contribution is -2.38. The number of pyridine rings is 1. The van der Waals surface area contributed by atoms with Crippen molar-refractivity contribution < 1.29 is 14.8 Å². The first kappa shape index (κ1) is 15.7. The summed E-state index contributed by atoms with van der Waals surface area (Å²) in [4.78, 5) is 27.4. The van der Waals surface area contributed by atoms with Crippen molar-refractivity contribution in [3.63, 3.8) is 0 Å². The van der Waals surface area contributed by atoms with Gasteiger partial charge in [0.05, 0.1) is 9.40 Å². The van der Waals surface area contributed by atoms with Crippen molar-refractivity contribution in [2.24, 2.45) is 0 Å². The molecule has 7 nitrogen and oxygen atoms in total. The van der Waals surface area contributed by atoms with Crippen molar-refractivity contribution in [3.8, 4) is 0 Å². The molecule has 0 bridgehead atoms. The van der Waals surface area contributed by atoms with Crippen molar-refractivity contribution in [2.45, 2.75) is 38.6 Å². The molecule has 0 aromatic carbocycles. The predicted octanol–water partition coefficient (Wildman–Crippen LogP) is 2.89. The topological polar surface area (TPSA) is 96.6 Å². The van der Waals surface area contributed by atoms with Crippen LogP contribution in [0.25, 0.3) is 0 Å². The van der Waals surface area contributed by atoms with E-state index in [9.17, 15) is 14.9 Å². The highest BCUT2D eigenvalue weighted by atomic mass is 79.9. The number of anilines is 1. The van der Waals surface area contributed by atoms with Crippen LogP contribution >= 0.6 is 15.9 Å². The summed E-state index contributed by atoms with van der Waals surface area (Å²) in [7, 11) is 0.